The third-order valence-electron chi connectivity index (χ3n) is 3.92. The number of rotatable bonds is 4. The van der Waals surface area contributed by atoms with Gasteiger partial charge in [-0.25, -0.2) is 5.14 Å². The van der Waals surface area contributed by atoms with Crippen molar-refractivity contribution in [2.75, 3.05) is 16.2 Å². The van der Waals surface area contributed by atoms with Crippen molar-refractivity contribution in [1.82, 2.24) is 0 Å². The van der Waals surface area contributed by atoms with Crippen LogP contribution in [0.25, 0.3) is 0 Å². The van der Waals surface area contributed by atoms with Crippen molar-refractivity contribution in [2.24, 2.45) is 5.14 Å². The van der Waals surface area contributed by atoms with E-state index < -0.39 is 27.6 Å². The predicted molar refractivity (Wildman–Crippen MR) is 89.6 cm³/mol. The van der Waals surface area contributed by atoms with Gasteiger partial charge in [0.05, 0.1) is 5.69 Å². The number of hydrogen-bond acceptors (Lipinski definition) is 3. The van der Waals surface area contributed by atoms with E-state index in [2.05, 4.69) is 5.32 Å². The van der Waals surface area contributed by atoms with Gasteiger partial charge in [-0.15, -0.1) is 0 Å². The van der Waals surface area contributed by atoms with Gasteiger partial charge in [0.25, 0.3) is 16.1 Å². The highest BCUT2D eigenvalue weighted by Crippen LogP contribution is 2.34. The number of nitrogens with two attached hydrogens (primary N) is 1. The van der Waals surface area contributed by atoms with E-state index in [9.17, 15) is 22.0 Å². The monoisotopic (exact) mass is 367 g/mol. The molecule has 132 valence electrons. The molecule has 1 amide bonds. The smallest absolute Gasteiger partial charge is 0.320 e. The highest BCUT2D eigenvalue weighted by Gasteiger charge is 2.41. The van der Waals surface area contributed by atoms with Crippen LogP contribution >= 0.6 is 0 Å². The zero-order valence-corrected chi connectivity index (χ0v) is 13.8. The SMILES string of the molecule is NS(=O)(=O)N1CCc2ccc(NC(=O)C(F)(F)c3ccccc3)cc21. The summed E-state index contributed by atoms with van der Waals surface area (Å²) in [5.74, 6) is -5.22. The fraction of sp³-hybridized carbons (Fsp3) is 0.188. The number of halogens is 2. The number of benzene rings is 2. The van der Waals surface area contributed by atoms with Crippen molar-refractivity contribution in [3.63, 3.8) is 0 Å². The average molecular weight is 367 g/mol. The molecule has 0 fully saturated rings. The summed E-state index contributed by atoms with van der Waals surface area (Å²) in [5.41, 5.74) is 0.625. The van der Waals surface area contributed by atoms with Crippen LogP contribution in [0.4, 0.5) is 20.2 Å². The van der Waals surface area contributed by atoms with E-state index in [4.69, 9.17) is 5.14 Å². The number of hydrogen-bond donors (Lipinski definition) is 2. The highest BCUT2D eigenvalue weighted by atomic mass is 32.2. The normalized spacial score (nSPS) is 14.3. The van der Waals surface area contributed by atoms with Gasteiger partial charge in [-0.1, -0.05) is 36.4 Å². The molecule has 0 aliphatic carbocycles. The van der Waals surface area contributed by atoms with Crippen molar-refractivity contribution in [2.45, 2.75) is 12.3 Å². The van der Waals surface area contributed by atoms with Crippen LogP contribution in [0, 0.1) is 0 Å². The van der Waals surface area contributed by atoms with E-state index in [0.29, 0.717) is 12.0 Å². The molecule has 1 aliphatic heterocycles. The molecule has 3 rings (SSSR count). The Balaban J connectivity index is 1.86. The van der Waals surface area contributed by atoms with E-state index in [0.717, 1.165) is 16.4 Å². The first-order chi connectivity index (χ1) is 11.7. The zero-order chi connectivity index (χ0) is 18.2. The summed E-state index contributed by atoms with van der Waals surface area (Å²) < 4.78 is 52.6. The molecule has 0 atom stereocenters. The van der Waals surface area contributed by atoms with Crippen LogP contribution in [0.3, 0.4) is 0 Å². The molecular formula is C16H15F2N3O3S. The molecule has 25 heavy (non-hydrogen) atoms. The number of carbonyl (C=O) groups excluding carboxylic acids is 1. The van der Waals surface area contributed by atoms with E-state index in [1.807, 2.05) is 0 Å². The quantitative estimate of drug-likeness (QED) is 0.865. The lowest BCUT2D eigenvalue weighted by atomic mass is 10.1. The lowest BCUT2D eigenvalue weighted by molar-refractivity contribution is -0.140. The predicted octanol–water partition coefficient (Wildman–Crippen LogP) is 1.98. The van der Waals surface area contributed by atoms with Crippen LogP contribution < -0.4 is 14.8 Å². The molecular weight excluding hydrogens is 352 g/mol. The van der Waals surface area contributed by atoms with Crippen LogP contribution in [-0.4, -0.2) is 20.9 Å². The second kappa shape index (κ2) is 6.08. The summed E-state index contributed by atoms with van der Waals surface area (Å²) in [5, 5.41) is 7.27. The van der Waals surface area contributed by atoms with Crippen molar-refractivity contribution in [3.8, 4) is 0 Å². The van der Waals surface area contributed by atoms with Gasteiger partial charge < -0.3 is 5.32 Å². The van der Waals surface area contributed by atoms with Crippen molar-refractivity contribution in [3.05, 3.63) is 59.7 Å². The van der Waals surface area contributed by atoms with Crippen molar-refractivity contribution < 1.29 is 22.0 Å². The molecule has 2 aromatic rings. The maximum atomic E-state index is 14.2. The minimum atomic E-state index is -3.96. The van der Waals surface area contributed by atoms with Gasteiger partial charge >= 0.3 is 5.92 Å². The van der Waals surface area contributed by atoms with Gasteiger partial charge in [0.2, 0.25) is 0 Å². The molecule has 0 radical (unpaired) electrons. The summed E-state index contributed by atoms with van der Waals surface area (Å²) in [6, 6.07) is 11.1. The molecule has 0 aromatic heterocycles. The minimum absolute atomic E-state index is 0.0647. The van der Waals surface area contributed by atoms with E-state index in [1.165, 1.54) is 24.3 Å². The lowest BCUT2D eigenvalue weighted by Gasteiger charge is -2.19. The Labute approximate surface area is 143 Å². The highest BCUT2D eigenvalue weighted by molar-refractivity contribution is 7.90. The van der Waals surface area contributed by atoms with Crippen molar-refractivity contribution in [1.29, 1.82) is 0 Å². The minimum Gasteiger partial charge on any atom is -0.320 e. The van der Waals surface area contributed by atoms with Crippen molar-refractivity contribution >= 4 is 27.5 Å². The molecule has 3 N–H and O–H groups in total. The molecule has 0 bridgehead atoms. The fourth-order valence-corrected chi connectivity index (χ4v) is 3.47. The van der Waals surface area contributed by atoms with Gasteiger partial charge in [0.1, 0.15) is 0 Å². The van der Waals surface area contributed by atoms with Gasteiger partial charge in [-0.3, -0.25) is 9.10 Å². The molecule has 9 heteroatoms. The van der Waals surface area contributed by atoms with Crippen LogP contribution in [0.1, 0.15) is 11.1 Å². The maximum absolute atomic E-state index is 14.2. The Hall–Kier alpha value is -2.52. The Morgan fingerprint density at radius 3 is 2.48 bits per heavy atom. The topological polar surface area (TPSA) is 92.5 Å². The summed E-state index contributed by atoms with van der Waals surface area (Å²) in [6.45, 7) is 0.172. The molecule has 0 unspecified atom stereocenters. The molecule has 6 nitrogen and oxygen atoms in total. The van der Waals surface area contributed by atoms with Crippen LogP contribution in [0.5, 0.6) is 0 Å². The Morgan fingerprint density at radius 1 is 1.16 bits per heavy atom. The first kappa shape index (κ1) is 17.3. The number of fused-ring (bicyclic) bond motifs is 1. The van der Waals surface area contributed by atoms with E-state index >= 15 is 0 Å². The van der Waals surface area contributed by atoms with E-state index in [1.54, 1.807) is 12.1 Å². The Kier molecular flexibility index (Phi) is 4.21. The van der Waals surface area contributed by atoms with E-state index in [-0.39, 0.29) is 17.9 Å². The third-order valence-corrected chi connectivity index (χ3v) is 4.92. The van der Waals surface area contributed by atoms with Gasteiger partial charge in [0.15, 0.2) is 0 Å². The lowest BCUT2D eigenvalue weighted by Crippen LogP contribution is -2.35. The summed E-state index contributed by atoms with van der Waals surface area (Å²) in [7, 11) is -3.96. The largest absolute Gasteiger partial charge is 0.350 e. The number of nitrogens with zero attached hydrogens (tertiary/aromatic N) is 1. The molecule has 1 aliphatic rings. The van der Waals surface area contributed by atoms with Crippen LogP contribution in [0.15, 0.2) is 48.5 Å². The average Bonchev–Trinajstić information content (AvgIpc) is 2.99. The third kappa shape index (κ3) is 3.33. The first-order valence-corrected chi connectivity index (χ1v) is 8.88. The standard InChI is InChI=1S/C16H15F2N3O3S/c17-16(18,12-4-2-1-3-5-12)15(22)20-13-7-6-11-8-9-21(14(11)10-13)25(19,23)24/h1-7,10H,8-9H2,(H,20,22)(H2,19,23,24). The number of amides is 1. The van der Waals surface area contributed by atoms with Crippen LogP contribution in [-0.2, 0) is 27.3 Å². The molecule has 0 saturated heterocycles. The number of anilines is 2. The molecule has 0 saturated carbocycles. The maximum Gasteiger partial charge on any atom is 0.350 e. The summed E-state index contributed by atoms with van der Waals surface area (Å²) >= 11 is 0. The Morgan fingerprint density at radius 2 is 1.84 bits per heavy atom. The number of nitrogens with one attached hydrogen (secondary N) is 1. The molecule has 1 heterocycles. The zero-order valence-electron chi connectivity index (χ0n) is 12.9. The fourth-order valence-electron chi connectivity index (χ4n) is 2.68. The first-order valence-electron chi connectivity index (χ1n) is 7.38. The second-order valence-corrected chi connectivity index (χ2v) is 7.08. The molecule has 0 spiro atoms. The number of carbonyl (C=O) groups is 1. The molecule has 2 aromatic carbocycles. The van der Waals surface area contributed by atoms with Gasteiger partial charge in [0, 0.05) is 17.8 Å². The summed E-state index contributed by atoms with van der Waals surface area (Å²) in [4.78, 5) is 12.0. The second-order valence-electron chi connectivity index (χ2n) is 5.61. The van der Waals surface area contributed by atoms with Gasteiger partial charge in [-0.05, 0) is 24.1 Å². The van der Waals surface area contributed by atoms with Gasteiger partial charge in [-0.2, -0.15) is 17.2 Å². The van der Waals surface area contributed by atoms with Crippen LogP contribution in [0.2, 0.25) is 0 Å². The number of alkyl halides is 2. The Bertz CT molecular complexity index is 917. The summed E-state index contributed by atoms with van der Waals surface area (Å²) in [6.07, 6.45) is 0.458.